The van der Waals surface area contributed by atoms with Crippen molar-refractivity contribution in [3.05, 3.63) is 24.3 Å². The van der Waals surface area contributed by atoms with E-state index in [1.165, 1.54) is 19.3 Å². The Morgan fingerprint density at radius 3 is 2.35 bits per heavy atom. The number of hydrogen-bond donors (Lipinski definition) is 1. The van der Waals surface area contributed by atoms with Crippen molar-refractivity contribution in [3.63, 3.8) is 0 Å². The van der Waals surface area contributed by atoms with Crippen LogP contribution in [0.15, 0.2) is 24.3 Å². The SMILES string of the molecule is CCCCC/C=C\C/C=C\C(CCCCCCC(=O)O)OC(=O)CCC. The van der Waals surface area contributed by atoms with Crippen LogP contribution in [0.4, 0.5) is 0 Å². The molecule has 0 aliphatic heterocycles. The van der Waals surface area contributed by atoms with E-state index in [1.54, 1.807) is 0 Å². The van der Waals surface area contributed by atoms with Crippen molar-refractivity contribution >= 4 is 11.9 Å². The number of ether oxygens (including phenoxy) is 1. The number of carbonyl (C=O) groups is 2. The number of allylic oxidation sites excluding steroid dienone is 3. The maximum absolute atomic E-state index is 11.8. The van der Waals surface area contributed by atoms with Crippen molar-refractivity contribution in [3.8, 4) is 0 Å². The monoisotopic (exact) mass is 366 g/mol. The summed E-state index contributed by atoms with van der Waals surface area (Å²) in [4.78, 5) is 22.3. The van der Waals surface area contributed by atoms with Gasteiger partial charge in [0, 0.05) is 12.8 Å². The Bertz CT molecular complexity index is 412. The van der Waals surface area contributed by atoms with Gasteiger partial charge in [0.25, 0.3) is 0 Å². The molecule has 0 rings (SSSR count). The van der Waals surface area contributed by atoms with E-state index in [0.29, 0.717) is 12.8 Å². The molecular formula is C22H38O4. The second-order valence-corrected chi connectivity index (χ2v) is 6.76. The predicted molar refractivity (Wildman–Crippen MR) is 107 cm³/mol. The van der Waals surface area contributed by atoms with Crippen LogP contribution >= 0.6 is 0 Å². The fraction of sp³-hybridized carbons (Fsp3) is 0.727. The van der Waals surface area contributed by atoms with Crippen molar-refractivity contribution in [1.29, 1.82) is 0 Å². The quantitative estimate of drug-likeness (QED) is 0.189. The summed E-state index contributed by atoms with van der Waals surface area (Å²) < 4.78 is 5.55. The number of carboxylic acids is 1. The average molecular weight is 367 g/mol. The summed E-state index contributed by atoms with van der Waals surface area (Å²) in [6.07, 6.45) is 19.9. The van der Waals surface area contributed by atoms with Crippen LogP contribution in [-0.4, -0.2) is 23.1 Å². The molecule has 0 heterocycles. The zero-order valence-electron chi connectivity index (χ0n) is 16.8. The molecule has 0 aromatic carbocycles. The van der Waals surface area contributed by atoms with Gasteiger partial charge in [-0.05, 0) is 51.0 Å². The first kappa shape index (κ1) is 24.4. The van der Waals surface area contributed by atoms with Crippen molar-refractivity contribution < 1.29 is 19.4 Å². The highest BCUT2D eigenvalue weighted by Crippen LogP contribution is 2.12. The van der Waals surface area contributed by atoms with E-state index in [1.807, 2.05) is 13.0 Å². The van der Waals surface area contributed by atoms with Crippen LogP contribution in [0.25, 0.3) is 0 Å². The number of rotatable bonds is 17. The van der Waals surface area contributed by atoms with Crippen molar-refractivity contribution in [1.82, 2.24) is 0 Å². The minimum absolute atomic E-state index is 0.136. The number of carbonyl (C=O) groups excluding carboxylic acids is 1. The summed E-state index contributed by atoms with van der Waals surface area (Å²) in [5, 5.41) is 8.64. The molecular weight excluding hydrogens is 328 g/mol. The molecule has 150 valence electrons. The molecule has 0 radical (unpaired) electrons. The number of aliphatic carboxylic acids is 1. The highest BCUT2D eigenvalue weighted by Gasteiger charge is 2.10. The van der Waals surface area contributed by atoms with Gasteiger partial charge in [-0.1, -0.05) is 57.8 Å². The molecule has 4 heteroatoms. The van der Waals surface area contributed by atoms with Crippen LogP contribution in [0.3, 0.4) is 0 Å². The maximum Gasteiger partial charge on any atom is 0.306 e. The molecule has 0 fully saturated rings. The van der Waals surface area contributed by atoms with E-state index in [2.05, 4.69) is 25.2 Å². The summed E-state index contributed by atoms with van der Waals surface area (Å²) in [6, 6.07) is 0. The zero-order valence-corrected chi connectivity index (χ0v) is 16.8. The van der Waals surface area contributed by atoms with Crippen LogP contribution < -0.4 is 0 Å². The van der Waals surface area contributed by atoms with Gasteiger partial charge in [-0.15, -0.1) is 0 Å². The molecule has 0 saturated carbocycles. The third-order valence-electron chi connectivity index (χ3n) is 4.13. The lowest BCUT2D eigenvalue weighted by atomic mass is 10.1. The summed E-state index contributed by atoms with van der Waals surface area (Å²) in [5.74, 6) is -0.870. The predicted octanol–water partition coefficient (Wildman–Crippen LogP) is 6.21. The zero-order chi connectivity index (χ0) is 19.5. The second-order valence-electron chi connectivity index (χ2n) is 6.76. The van der Waals surface area contributed by atoms with Gasteiger partial charge < -0.3 is 9.84 Å². The van der Waals surface area contributed by atoms with Crippen molar-refractivity contribution in [2.45, 2.75) is 103 Å². The molecule has 1 unspecified atom stereocenters. The van der Waals surface area contributed by atoms with E-state index in [9.17, 15) is 9.59 Å². The third kappa shape index (κ3) is 17.2. The highest BCUT2D eigenvalue weighted by atomic mass is 16.5. The molecule has 0 bridgehead atoms. The first-order valence-electron chi connectivity index (χ1n) is 10.3. The van der Waals surface area contributed by atoms with E-state index < -0.39 is 5.97 Å². The van der Waals surface area contributed by atoms with Gasteiger partial charge in [-0.2, -0.15) is 0 Å². The molecule has 0 aliphatic rings. The van der Waals surface area contributed by atoms with Crippen molar-refractivity contribution in [2.75, 3.05) is 0 Å². The first-order chi connectivity index (χ1) is 12.6. The molecule has 0 aromatic heterocycles. The average Bonchev–Trinajstić information content (AvgIpc) is 2.59. The lowest BCUT2D eigenvalue weighted by Gasteiger charge is -2.14. The van der Waals surface area contributed by atoms with Crippen LogP contribution in [0.2, 0.25) is 0 Å². The maximum atomic E-state index is 11.8. The summed E-state index contributed by atoms with van der Waals surface area (Å²) in [5.41, 5.74) is 0. The van der Waals surface area contributed by atoms with Gasteiger partial charge in [-0.3, -0.25) is 9.59 Å². The summed E-state index contributed by atoms with van der Waals surface area (Å²) in [7, 11) is 0. The smallest absolute Gasteiger partial charge is 0.306 e. The molecule has 1 atom stereocenters. The van der Waals surface area contributed by atoms with Crippen molar-refractivity contribution in [2.24, 2.45) is 0 Å². The Labute approximate surface area is 159 Å². The minimum atomic E-state index is -0.734. The van der Waals surface area contributed by atoms with E-state index >= 15 is 0 Å². The lowest BCUT2D eigenvalue weighted by molar-refractivity contribution is -0.147. The Balaban J connectivity index is 4.14. The summed E-state index contributed by atoms with van der Waals surface area (Å²) in [6.45, 7) is 4.18. The van der Waals surface area contributed by atoms with Crippen LogP contribution in [0.5, 0.6) is 0 Å². The van der Waals surface area contributed by atoms with Crippen LogP contribution in [0, 0.1) is 0 Å². The van der Waals surface area contributed by atoms with Gasteiger partial charge in [-0.25, -0.2) is 0 Å². The van der Waals surface area contributed by atoms with Gasteiger partial charge in [0.2, 0.25) is 0 Å². The highest BCUT2D eigenvalue weighted by molar-refractivity contribution is 5.69. The minimum Gasteiger partial charge on any atom is -0.481 e. The van der Waals surface area contributed by atoms with Gasteiger partial charge in [0.15, 0.2) is 0 Å². The Hall–Kier alpha value is -1.58. The van der Waals surface area contributed by atoms with E-state index in [0.717, 1.165) is 44.9 Å². The molecule has 4 nitrogen and oxygen atoms in total. The number of unbranched alkanes of at least 4 members (excludes halogenated alkanes) is 6. The Kier molecular flexibility index (Phi) is 17.1. The van der Waals surface area contributed by atoms with Crippen LogP contribution in [-0.2, 0) is 14.3 Å². The van der Waals surface area contributed by atoms with Gasteiger partial charge in [0.05, 0.1) is 0 Å². The fourth-order valence-corrected chi connectivity index (χ4v) is 2.64. The van der Waals surface area contributed by atoms with Gasteiger partial charge >= 0.3 is 11.9 Å². The molecule has 0 aliphatic carbocycles. The molecule has 26 heavy (non-hydrogen) atoms. The number of hydrogen-bond acceptors (Lipinski definition) is 3. The van der Waals surface area contributed by atoms with Gasteiger partial charge in [0.1, 0.15) is 6.10 Å². The Morgan fingerprint density at radius 1 is 0.885 bits per heavy atom. The molecule has 0 spiro atoms. The Morgan fingerprint density at radius 2 is 1.65 bits per heavy atom. The third-order valence-corrected chi connectivity index (χ3v) is 4.13. The standard InChI is InChI=1S/C22H38O4/c1-3-5-6-7-8-9-10-13-17-20(26-22(25)16-4-2)18-14-11-12-15-19-21(23)24/h8-9,13,17,20H,3-7,10-12,14-16,18-19H2,1-2H3,(H,23,24)/b9-8-,17-13-. The lowest BCUT2D eigenvalue weighted by Crippen LogP contribution is -2.15. The van der Waals surface area contributed by atoms with E-state index in [-0.39, 0.29) is 18.5 Å². The molecule has 0 amide bonds. The fourth-order valence-electron chi connectivity index (χ4n) is 2.64. The number of esters is 1. The second kappa shape index (κ2) is 18.2. The van der Waals surface area contributed by atoms with E-state index in [4.69, 9.17) is 9.84 Å². The summed E-state index contributed by atoms with van der Waals surface area (Å²) >= 11 is 0. The topological polar surface area (TPSA) is 63.6 Å². The molecule has 0 aromatic rings. The normalized spacial score (nSPS) is 12.7. The molecule has 1 N–H and O–H groups in total. The van der Waals surface area contributed by atoms with Crippen LogP contribution in [0.1, 0.15) is 97.3 Å². The largest absolute Gasteiger partial charge is 0.481 e. The first-order valence-corrected chi connectivity index (χ1v) is 10.3. The molecule has 0 saturated heterocycles. The number of carboxylic acid groups (broad SMARTS) is 1.